The topological polar surface area (TPSA) is 40.0 Å². The second kappa shape index (κ2) is 5.12. The van der Waals surface area contributed by atoms with E-state index in [2.05, 4.69) is 39.3 Å². The van der Waals surface area contributed by atoms with Gasteiger partial charge in [-0.05, 0) is 18.6 Å². The first-order chi connectivity index (χ1) is 7.81. The number of rotatable bonds is 3. The lowest BCUT2D eigenvalue weighted by Gasteiger charge is -2.23. The fraction of sp³-hybridized carbons (Fsp3) is 0.455. The van der Waals surface area contributed by atoms with Gasteiger partial charge in [0.1, 0.15) is 0 Å². The lowest BCUT2D eigenvalue weighted by atomic mass is 10.3. The monoisotopic (exact) mass is 236 g/mol. The van der Waals surface area contributed by atoms with Crippen LogP contribution in [0.15, 0.2) is 22.1 Å². The van der Waals surface area contributed by atoms with Gasteiger partial charge in [0.15, 0.2) is 0 Å². The van der Waals surface area contributed by atoms with Gasteiger partial charge < -0.3 is 10.2 Å². The number of aryl methyl sites for hydroxylation is 1. The molecular weight excluding hydrogens is 220 g/mol. The minimum Gasteiger partial charge on any atom is -0.340 e. The van der Waals surface area contributed by atoms with Crippen LogP contribution in [0.3, 0.4) is 0 Å². The smallest absolute Gasteiger partial charge is 0.220 e. The molecule has 0 spiro atoms. The summed E-state index contributed by atoms with van der Waals surface area (Å²) in [6.07, 6.45) is 2.97. The van der Waals surface area contributed by atoms with Crippen molar-refractivity contribution in [3.05, 3.63) is 21.9 Å². The Balaban J connectivity index is 1.96. The zero-order valence-electron chi connectivity index (χ0n) is 9.60. The van der Waals surface area contributed by atoms with Crippen molar-refractivity contribution in [3.63, 3.8) is 0 Å². The number of aliphatic imine (C=N–C) groups is 2. The highest BCUT2D eigenvalue weighted by molar-refractivity contribution is 7.11. The zero-order chi connectivity index (χ0) is 11.4. The summed E-state index contributed by atoms with van der Waals surface area (Å²) in [5, 5.41) is 3.14. The normalized spacial score (nSPS) is 17.9. The van der Waals surface area contributed by atoms with Crippen LogP contribution in [-0.2, 0) is 13.0 Å². The van der Waals surface area contributed by atoms with E-state index in [1.807, 2.05) is 17.7 Å². The molecule has 0 saturated carbocycles. The second-order valence-corrected chi connectivity index (χ2v) is 4.85. The molecule has 0 amide bonds. The van der Waals surface area contributed by atoms with Gasteiger partial charge in [-0.3, -0.25) is 4.99 Å². The summed E-state index contributed by atoms with van der Waals surface area (Å²) in [6, 6.07) is 4.40. The number of guanidine groups is 1. The maximum atomic E-state index is 4.20. The Bertz CT molecular complexity index is 408. The first kappa shape index (κ1) is 11.1. The Hall–Kier alpha value is -1.36. The van der Waals surface area contributed by atoms with Gasteiger partial charge in [0, 0.05) is 16.8 Å². The standard InChI is InChI=1S/C11H16N4S/c1-3-9-4-5-10(16-9)6-15-7-13-11(12-2)14-8-15/h4-5,7H,3,6,8H2,1-2H3,(H,12,14). The molecule has 86 valence electrons. The number of hydrogen-bond donors (Lipinski definition) is 1. The van der Waals surface area contributed by atoms with Crippen LogP contribution in [-0.4, -0.2) is 30.9 Å². The summed E-state index contributed by atoms with van der Waals surface area (Å²) in [4.78, 5) is 13.1. The third-order valence-electron chi connectivity index (χ3n) is 2.42. The first-order valence-corrected chi connectivity index (χ1v) is 6.20. The van der Waals surface area contributed by atoms with Crippen LogP contribution in [0.5, 0.6) is 0 Å². The molecule has 0 radical (unpaired) electrons. The Morgan fingerprint density at radius 2 is 2.31 bits per heavy atom. The first-order valence-electron chi connectivity index (χ1n) is 5.38. The molecule has 1 N–H and O–H groups in total. The van der Waals surface area contributed by atoms with Crippen LogP contribution in [0.2, 0.25) is 0 Å². The summed E-state index contributed by atoms with van der Waals surface area (Å²) in [7, 11) is 1.74. The summed E-state index contributed by atoms with van der Waals surface area (Å²) >= 11 is 1.87. The van der Waals surface area contributed by atoms with Crippen molar-refractivity contribution >= 4 is 23.6 Å². The summed E-state index contributed by atoms with van der Waals surface area (Å²) < 4.78 is 0. The Morgan fingerprint density at radius 3 is 2.88 bits per heavy atom. The lowest BCUT2D eigenvalue weighted by molar-refractivity contribution is 0.411. The molecule has 0 aliphatic carbocycles. The van der Waals surface area contributed by atoms with E-state index in [0.717, 1.165) is 19.6 Å². The van der Waals surface area contributed by atoms with Crippen LogP contribution in [0.4, 0.5) is 0 Å². The van der Waals surface area contributed by atoms with Crippen LogP contribution in [0.25, 0.3) is 0 Å². The highest BCUT2D eigenvalue weighted by atomic mass is 32.1. The van der Waals surface area contributed by atoms with E-state index < -0.39 is 0 Å². The van der Waals surface area contributed by atoms with E-state index in [1.54, 1.807) is 7.05 Å². The molecule has 4 nitrogen and oxygen atoms in total. The molecule has 1 aromatic heterocycles. The average Bonchev–Trinajstić information content (AvgIpc) is 2.78. The van der Waals surface area contributed by atoms with E-state index >= 15 is 0 Å². The molecule has 5 heteroatoms. The summed E-state index contributed by atoms with van der Waals surface area (Å²) in [5.41, 5.74) is 0. The molecule has 1 aliphatic rings. The van der Waals surface area contributed by atoms with E-state index in [4.69, 9.17) is 0 Å². The van der Waals surface area contributed by atoms with Crippen LogP contribution in [0, 0.1) is 0 Å². The predicted octanol–water partition coefficient (Wildman–Crippen LogP) is 1.69. The van der Waals surface area contributed by atoms with Gasteiger partial charge in [-0.2, -0.15) is 0 Å². The molecule has 2 rings (SSSR count). The molecular formula is C11H16N4S. The Kier molecular flexibility index (Phi) is 3.56. The minimum absolute atomic E-state index is 0.705. The molecule has 2 heterocycles. The largest absolute Gasteiger partial charge is 0.340 e. The van der Waals surface area contributed by atoms with Crippen molar-refractivity contribution in [2.45, 2.75) is 19.9 Å². The van der Waals surface area contributed by atoms with Gasteiger partial charge in [-0.15, -0.1) is 11.3 Å². The average molecular weight is 236 g/mol. The number of nitrogens with one attached hydrogen (secondary N) is 1. The van der Waals surface area contributed by atoms with Gasteiger partial charge >= 0.3 is 0 Å². The second-order valence-electron chi connectivity index (χ2n) is 3.60. The zero-order valence-corrected chi connectivity index (χ0v) is 10.4. The Labute approximate surface area is 99.7 Å². The summed E-state index contributed by atoms with van der Waals surface area (Å²) in [5.74, 6) is 0.705. The van der Waals surface area contributed by atoms with Gasteiger partial charge in [-0.25, -0.2) is 4.99 Å². The van der Waals surface area contributed by atoms with Crippen molar-refractivity contribution in [1.29, 1.82) is 0 Å². The number of nitrogens with zero attached hydrogens (tertiary/aromatic N) is 3. The Morgan fingerprint density at radius 1 is 1.50 bits per heavy atom. The fourth-order valence-corrected chi connectivity index (χ4v) is 2.51. The number of hydrogen-bond acceptors (Lipinski definition) is 3. The van der Waals surface area contributed by atoms with Crippen molar-refractivity contribution in [2.24, 2.45) is 9.98 Å². The van der Waals surface area contributed by atoms with E-state index in [1.165, 1.54) is 9.75 Å². The maximum Gasteiger partial charge on any atom is 0.220 e. The van der Waals surface area contributed by atoms with Crippen LogP contribution in [0.1, 0.15) is 16.7 Å². The molecule has 0 saturated heterocycles. The van der Waals surface area contributed by atoms with Crippen LogP contribution < -0.4 is 5.32 Å². The van der Waals surface area contributed by atoms with E-state index in [-0.39, 0.29) is 0 Å². The minimum atomic E-state index is 0.705. The molecule has 1 aliphatic heterocycles. The molecule has 0 aromatic carbocycles. The molecule has 16 heavy (non-hydrogen) atoms. The highest BCUT2D eigenvalue weighted by Crippen LogP contribution is 2.18. The SMILES string of the molecule is CCc1ccc(CN2C=NC(=NC)NC2)s1. The van der Waals surface area contributed by atoms with Crippen molar-refractivity contribution in [1.82, 2.24) is 10.2 Å². The highest BCUT2D eigenvalue weighted by Gasteiger charge is 2.09. The van der Waals surface area contributed by atoms with Gasteiger partial charge in [0.25, 0.3) is 0 Å². The number of thiophene rings is 1. The van der Waals surface area contributed by atoms with Crippen molar-refractivity contribution in [3.8, 4) is 0 Å². The predicted molar refractivity (Wildman–Crippen MR) is 69.1 cm³/mol. The quantitative estimate of drug-likeness (QED) is 0.867. The van der Waals surface area contributed by atoms with Crippen LogP contribution >= 0.6 is 11.3 Å². The fourth-order valence-electron chi connectivity index (χ4n) is 1.53. The van der Waals surface area contributed by atoms with E-state index in [9.17, 15) is 0 Å². The maximum absolute atomic E-state index is 4.20. The lowest BCUT2D eigenvalue weighted by Crippen LogP contribution is -2.40. The van der Waals surface area contributed by atoms with Crippen molar-refractivity contribution in [2.75, 3.05) is 13.7 Å². The third-order valence-corrected chi connectivity index (χ3v) is 3.63. The van der Waals surface area contributed by atoms with Gasteiger partial charge in [0.2, 0.25) is 5.96 Å². The molecule has 0 bridgehead atoms. The van der Waals surface area contributed by atoms with Gasteiger partial charge in [0.05, 0.1) is 19.6 Å². The molecule has 1 aromatic rings. The molecule has 0 atom stereocenters. The van der Waals surface area contributed by atoms with Crippen molar-refractivity contribution < 1.29 is 0 Å². The molecule has 0 unspecified atom stereocenters. The molecule has 0 fully saturated rings. The summed E-state index contributed by atoms with van der Waals surface area (Å²) in [6.45, 7) is 3.87. The third kappa shape index (κ3) is 2.61. The van der Waals surface area contributed by atoms with Gasteiger partial charge in [-0.1, -0.05) is 6.92 Å². The van der Waals surface area contributed by atoms with E-state index in [0.29, 0.717) is 5.96 Å².